The van der Waals surface area contributed by atoms with Crippen molar-refractivity contribution in [2.24, 2.45) is 0 Å². The molecule has 1 aliphatic rings. The standard InChI is InChI=1S/C33H31N.4C2H6/c1-5-13-28(14-6-1)32(29-15-7-2-8-16-29)22-21-27-23-25-34(26-24-27)33(30-17-9-3-10-18-30)31-19-11-4-12-20-31;4*1-2/h1-22,33H,23-26H2;4*1-2H3. The number of nitrogens with zero attached hydrogens (tertiary/aromatic N) is 1. The van der Waals surface area contributed by atoms with Gasteiger partial charge in [0.15, 0.2) is 0 Å². The quantitative estimate of drug-likeness (QED) is 0.226. The molecule has 0 unspecified atom stereocenters. The van der Waals surface area contributed by atoms with Crippen LogP contribution in [-0.4, -0.2) is 18.0 Å². The lowest BCUT2D eigenvalue weighted by Gasteiger charge is -2.36. The van der Waals surface area contributed by atoms with Crippen LogP contribution in [0.5, 0.6) is 0 Å². The summed E-state index contributed by atoms with van der Waals surface area (Å²) in [7, 11) is 0. The van der Waals surface area contributed by atoms with Crippen molar-refractivity contribution in [1.29, 1.82) is 0 Å². The van der Waals surface area contributed by atoms with E-state index in [1.54, 1.807) is 0 Å². The Hall–Kier alpha value is -3.68. The third-order valence-corrected chi connectivity index (χ3v) is 6.69. The van der Waals surface area contributed by atoms with E-state index in [-0.39, 0.29) is 0 Å². The van der Waals surface area contributed by atoms with Crippen molar-refractivity contribution in [2.45, 2.75) is 74.3 Å². The Morgan fingerprint density at radius 2 is 0.833 bits per heavy atom. The van der Waals surface area contributed by atoms with Crippen LogP contribution in [0, 0.1) is 0 Å². The molecule has 0 atom stereocenters. The fourth-order valence-corrected chi connectivity index (χ4v) is 4.92. The molecule has 0 spiro atoms. The summed E-state index contributed by atoms with van der Waals surface area (Å²) in [5.74, 6) is 0. The fourth-order valence-electron chi connectivity index (χ4n) is 4.92. The molecule has 1 heterocycles. The Morgan fingerprint density at radius 1 is 0.500 bits per heavy atom. The summed E-state index contributed by atoms with van der Waals surface area (Å²) in [6.45, 7) is 18.1. The van der Waals surface area contributed by atoms with E-state index in [9.17, 15) is 0 Å². The van der Waals surface area contributed by atoms with Gasteiger partial charge >= 0.3 is 0 Å². The van der Waals surface area contributed by atoms with Crippen LogP contribution in [0.15, 0.2) is 139 Å². The first-order valence-corrected chi connectivity index (χ1v) is 16.2. The number of allylic oxidation sites excluding steroid dienone is 2. The molecule has 5 rings (SSSR count). The van der Waals surface area contributed by atoms with Crippen molar-refractivity contribution < 1.29 is 0 Å². The average Bonchev–Trinajstić information content (AvgIpc) is 3.11. The molecule has 1 saturated heterocycles. The first-order valence-electron chi connectivity index (χ1n) is 16.2. The second-order valence-electron chi connectivity index (χ2n) is 8.90. The number of benzene rings is 4. The molecule has 224 valence electrons. The first-order chi connectivity index (χ1) is 20.9. The minimum Gasteiger partial charge on any atom is -0.292 e. The number of likely N-dealkylation sites (tertiary alicyclic amines) is 1. The number of rotatable bonds is 6. The van der Waals surface area contributed by atoms with Crippen LogP contribution in [0.4, 0.5) is 0 Å². The lowest BCUT2D eigenvalue weighted by molar-refractivity contribution is 0.210. The zero-order chi connectivity index (χ0) is 31.0. The van der Waals surface area contributed by atoms with E-state index in [1.165, 1.54) is 33.4 Å². The van der Waals surface area contributed by atoms with Crippen LogP contribution in [0.1, 0.15) is 96.5 Å². The van der Waals surface area contributed by atoms with Crippen molar-refractivity contribution in [3.05, 3.63) is 161 Å². The van der Waals surface area contributed by atoms with Gasteiger partial charge in [0.25, 0.3) is 0 Å². The monoisotopic (exact) mass is 561 g/mol. The van der Waals surface area contributed by atoms with Crippen LogP contribution in [0.3, 0.4) is 0 Å². The molecule has 0 aliphatic carbocycles. The van der Waals surface area contributed by atoms with Crippen LogP contribution in [-0.2, 0) is 0 Å². The lowest BCUT2D eigenvalue weighted by atomic mass is 9.93. The predicted molar refractivity (Wildman–Crippen MR) is 189 cm³/mol. The van der Waals surface area contributed by atoms with Crippen molar-refractivity contribution >= 4 is 5.57 Å². The molecule has 1 heteroatoms. The van der Waals surface area contributed by atoms with Crippen LogP contribution in [0.25, 0.3) is 5.57 Å². The molecular formula is C41H55N. The summed E-state index contributed by atoms with van der Waals surface area (Å²) in [6.07, 6.45) is 6.89. The topological polar surface area (TPSA) is 3.24 Å². The van der Waals surface area contributed by atoms with Gasteiger partial charge in [-0.25, -0.2) is 0 Å². The summed E-state index contributed by atoms with van der Waals surface area (Å²) in [4.78, 5) is 2.64. The summed E-state index contributed by atoms with van der Waals surface area (Å²) in [5, 5.41) is 0. The predicted octanol–water partition coefficient (Wildman–Crippen LogP) is 12.0. The molecule has 1 fully saturated rings. The highest BCUT2D eigenvalue weighted by Crippen LogP contribution is 2.32. The summed E-state index contributed by atoms with van der Waals surface area (Å²) >= 11 is 0. The smallest absolute Gasteiger partial charge is 0.0602 e. The number of hydrogen-bond donors (Lipinski definition) is 0. The molecule has 1 aliphatic heterocycles. The van der Waals surface area contributed by atoms with Gasteiger partial charge in [0.05, 0.1) is 6.04 Å². The van der Waals surface area contributed by atoms with Gasteiger partial charge in [-0.05, 0) is 40.7 Å². The van der Waals surface area contributed by atoms with Gasteiger partial charge in [-0.1, -0.05) is 194 Å². The van der Waals surface area contributed by atoms with E-state index in [0.29, 0.717) is 6.04 Å². The third kappa shape index (κ3) is 11.3. The van der Waals surface area contributed by atoms with Gasteiger partial charge in [-0.3, -0.25) is 4.90 Å². The zero-order valence-electron chi connectivity index (χ0n) is 27.6. The molecule has 4 aromatic rings. The van der Waals surface area contributed by atoms with E-state index < -0.39 is 0 Å². The van der Waals surface area contributed by atoms with Crippen molar-refractivity contribution in [2.75, 3.05) is 13.1 Å². The molecule has 0 aromatic heterocycles. The van der Waals surface area contributed by atoms with E-state index in [0.717, 1.165) is 25.9 Å². The van der Waals surface area contributed by atoms with Gasteiger partial charge in [0.2, 0.25) is 0 Å². The van der Waals surface area contributed by atoms with Gasteiger partial charge in [-0.15, -0.1) is 0 Å². The van der Waals surface area contributed by atoms with Crippen LogP contribution < -0.4 is 0 Å². The summed E-state index contributed by atoms with van der Waals surface area (Å²) in [6, 6.07) is 43.6. The molecule has 1 nitrogen and oxygen atoms in total. The lowest BCUT2D eigenvalue weighted by Crippen LogP contribution is -2.35. The molecule has 0 bridgehead atoms. The van der Waals surface area contributed by atoms with Gasteiger partial charge in [0.1, 0.15) is 0 Å². The maximum Gasteiger partial charge on any atom is 0.0602 e. The molecule has 0 N–H and O–H groups in total. The van der Waals surface area contributed by atoms with Gasteiger partial charge in [0, 0.05) is 13.1 Å². The fraction of sp³-hybridized carbons (Fsp3) is 0.317. The Labute approximate surface area is 258 Å². The van der Waals surface area contributed by atoms with E-state index in [1.807, 2.05) is 55.4 Å². The highest BCUT2D eigenvalue weighted by atomic mass is 15.2. The molecule has 0 radical (unpaired) electrons. The number of piperidine rings is 1. The van der Waals surface area contributed by atoms with Crippen LogP contribution in [0.2, 0.25) is 0 Å². The Kier molecular flexibility index (Phi) is 19.9. The highest BCUT2D eigenvalue weighted by Gasteiger charge is 2.24. The second kappa shape index (κ2) is 22.9. The van der Waals surface area contributed by atoms with E-state index in [4.69, 9.17) is 0 Å². The Bertz CT molecular complexity index is 1130. The summed E-state index contributed by atoms with van der Waals surface area (Å²) in [5.41, 5.74) is 8.07. The van der Waals surface area contributed by atoms with Gasteiger partial charge < -0.3 is 0 Å². The SMILES string of the molecule is C(C=C(c1ccccc1)c1ccccc1)=C1CCN(C(c2ccccc2)c2ccccc2)CC1.CC.CC.CC.CC. The maximum atomic E-state index is 2.64. The van der Waals surface area contributed by atoms with E-state index in [2.05, 4.69) is 138 Å². The molecule has 42 heavy (non-hydrogen) atoms. The third-order valence-electron chi connectivity index (χ3n) is 6.69. The minimum atomic E-state index is 0.309. The maximum absolute atomic E-state index is 2.64. The average molecular weight is 562 g/mol. The minimum absolute atomic E-state index is 0.309. The summed E-state index contributed by atoms with van der Waals surface area (Å²) < 4.78 is 0. The van der Waals surface area contributed by atoms with E-state index >= 15 is 0 Å². The highest BCUT2D eigenvalue weighted by molar-refractivity contribution is 5.80. The molecule has 4 aromatic carbocycles. The Balaban J connectivity index is 0.00000102. The van der Waals surface area contributed by atoms with Crippen molar-refractivity contribution in [3.8, 4) is 0 Å². The first kappa shape index (κ1) is 36.3. The zero-order valence-corrected chi connectivity index (χ0v) is 27.6. The largest absolute Gasteiger partial charge is 0.292 e. The van der Waals surface area contributed by atoms with Gasteiger partial charge in [-0.2, -0.15) is 0 Å². The second-order valence-corrected chi connectivity index (χ2v) is 8.90. The molecular weight excluding hydrogens is 506 g/mol. The normalized spacial score (nSPS) is 12.0. The molecule has 0 amide bonds. The Morgan fingerprint density at radius 3 is 1.19 bits per heavy atom. The number of hydrogen-bond acceptors (Lipinski definition) is 1. The van der Waals surface area contributed by atoms with Crippen molar-refractivity contribution in [1.82, 2.24) is 4.90 Å². The van der Waals surface area contributed by atoms with Crippen LogP contribution >= 0.6 is 0 Å². The molecule has 0 saturated carbocycles. The van der Waals surface area contributed by atoms with Crippen molar-refractivity contribution in [3.63, 3.8) is 0 Å².